The highest BCUT2D eigenvalue weighted by Crippen LogP contribution is 2.35. The van der Waals surface area contributed by atoms with Gasteiger partial charge in [-0.2, -0.15) is 0 Å². The second-order valence-electron chi connectivity index (χ2n) is 5.88. The largest absolute Gasteiger partial charge is 0.342 e. The van der Waals surface area contributed by atoms with Gasteiger partial charge in [0.05, 0.1) is 0 Å². The summed E-state index contributed by atoms with van der Waals surface area (Å²) in [5.41, 5.74) is 0. The van der Waals surface area contributed by atoms with Gasteiger partial charge in [0, 0.05) is 28.9 Å². The first kappa shape index (κ1) is 15.5. The van der Waals surface area contributed by atoms with Gasteiger partial charge in [-0.15, -0.1) is 0 Å². The number of carbonyl (C=O) groups excluding carboxylic acids is 2. The molecule has 2 fully saturated rings. The maximum atomic E-state index is 12.5. The van der Waals surface area contributed by atoms with Crippen LogP contribution in [-0.4, -0.2) is 51.1 Å². The predicted molar refractivity (Wildman–Crippen MR) is 78.6 cm³/mol. The summed E-state index contributed by atoms with van der Waals surface area (Å²) in [5, 5.41) is 2.93. The molecular formula is C14H24N2O3S. The number of hydrogen-bond donors (Lipinski definition) is 1. The fourth-order valence-corrected chi connectivity index (χ4v) is 3.13. The third kappa shape index (κ3) is 3.22. The van der Waals surface area contributed by atoms with E-state index in [-0.39, 0.29) is 29.1 Å². The monoisotopic (exact) mass is 300 g/mol. The molecule has 1 heterocycles. The minimum absolute atomic E-state index is 0.0331. The van der Waals surface area contributed by atoms with Crippen molar-refractivity contribution < 1.29 is 13.8 Å². The van der Waals surface area contributed by atoms with Crippen molar-refractivity contribution in [3.63, 3.8) is 0 Å². The number of nitrogens with one attached hydrogen (secondary N) is 1. The van der Waals surface area contributed by atoms with Crippen LogP contribution in [0.3, 0.4) is 0 Å². The first-order chi connectivity index (χ1) is 9.45. The average Bonchev–Trinajstić information content (AvgIpc) is 3.22. The molecule has 1 N–H and O–H groups in total. The van der Waals surface area contributed by atoms with E-state index >= 15 is 0 Å². The van der Waals surface area contributed by atoms with E-state index in [1.165, 1.54) is 0 Å². The lowest BCUT2D eigenvalue weighted by Crippen LogP contribution is -2.64. The molecule has 5 nitrogen and oxygen atoms in total. The van der Waals surface area contributed by atoms with Crippen LogP contribution >= 0.6 is 0 Å². The van der Waals surface area contributed by atoms with Crippen molar-refractivity contribution in [2.45, 2.75) is 56.9 Å². The zero-order valence-electron chi connectivity index (χ0n) is 12.4. The minimum Gasteiger partial charge on any atom is -0.342 e. The van der Waals surface area contributed by atoms with E-state index in [0.29, 0.717) is 25.3 Å². The van der Waals surface area contributed by atoms with Crippen LogP contribution in [0.2, 0.25) is 0 Å². The molecule has 2 amide bonds. The Kier molecular flexibility index (Phi) is 4.83. The lowest BCUT2D eigenvalue weighted by molar-refractivity contribution is -0.150. The fourth-order valence-electron chi connectivity index (χ4n) is 2.69. The number of amides is 2. The lowest BCUT2D eigenvalue weighted by atomic mass is 10.0. The van der Waals surface area contributed by atoms with E-state index in [0.717, 1.165) is 12.8 Å². The van der Waals surface area contributed by atoms with E-state index in [1.807, 2.05) is 13.8 Å². The van der Waals surface area contributed by atoms with Gasteiger partial charge in [0.1, 0.15) is 12.1 Å². The van der Waals surface area contributed by atoms with Gasteiger partial charge in [-0.25, -0.2) is 0 Å². The molecule has 0 aromatic rings. The van der Waals surface area contributed by atoms with Crippen molar-refractivity contribution in [1.29, 1.82) is 0 Å². The van der Waals surface area contributed by atoms with Crippen LogP contribution in [0.15, 0.2) is 0 Å². The van der Waals surface area contributed by atoms with E-state index in [1.54, 1.807) is 11.2 Å². The van der Waals surface area contributed by atoms with Crippen LogP contribution < -0.4 is 5.32 Å². The zero-order valence-corrected chi connectivity index (χ0v) is 13.2. The number of rotatable bonds is 6. The van der Waals surface area contributed by atoms with Crippen LogP contribution in [0.5, 0.6) is 0 Å². The van der Waals surface area contributed by atoms with Crippen LogP contribution in [-0.2, 0) is 20.4 Å². The van der Waals surface area contributed by atoms with Crippen molar-refractivity contribution in [3.8, 4) is 0 Å². The van der Waals surface area contributed by atoms with E-state index in [2.05, 4.69) is 5.32 Å². The molecule has 6 heteroatoms. The quantitative estimate of drug-likeness (QED) is 0.783. The maximum absolute atomic E-state index is 12.5. The Balaban J connectivity index is 2.05. The molecule has 1 aliphatic carbocycles. The van der Waals surface area contributed by atoms with Crippen molar-refractivity contribution in [2.24, 2.45) is 5.92 Å². The summed E-state index contributed by atoms with van der Waals surface area (Å²) in [5.74, 6) is 0.340. The maximum Gasteiger partial charge on any atom is 0.246 e. The molecule has 0 aromatic heterocycles. The van der Waals surface area contributed by atoms with Crippen molar-refractivity contribution in [2.75, 3.05) is 12.8 Å². The summed E-state index contributed by atoms with van der Waals surface area (Å²) in [6, 6.07) is -0.692. The summed E-state index contributed by atoms with van der Waals surface area (Å²) in [6.07, 6.45) is 5.03. The summed E-state index contributed by atoms with van der Waals surface area (Å²) in [4.78, 5) is 26.4. The molecule has 20 heavy (non-hydrogen) atoms. The Morgan fingerprint density at radius 1 is 1.40 bits per heavy atom. The van der Waals surface area contributed by atoms with E-state index in [4.69, 9.17) is 0 Å². The van der Waals surface area contributed by atoms with Gasteiger partial charge >= 0.3 is 0 Å². The smallest absolute Gasteiger partial charge is 0.246 e. The first-order valence-electron chi connectivity index (χ1n) is 7.38. The fraction of sp³-hybridized carbons (Fsp3) is 0.857. The second-order valence-corrected chi connectivity index (χ2v) is 7.68. The highest BCUT2D eigenvalue weighted by Gasteiger charge is 2.46. The highest BCUT2D eigenvalue weighted by atomic mass is 32.2. The molecule has 1 saturated heterocycles. The Morgan fingerprint density at radius 3 is 2.55 bits per heavy atom. The molecule has 4 atom stereocenters. The van der Waals surface area contributed by atoms with Gasteiger partial charge in [-0.1, -0.05) is 13.8 Å². The number of nitrogens with zero attached hydrogens (tertiary/aromatic N) is 1. The summed E-state index contributed by atoms with van der Waals surface area (Å²) in [6.45, 7) is 4.36. The van der Waals surface area contributed by atoms with Gasteiger partial charge in [-0.05, 0) is 31.6 Å². The third-order valence-electron chi connectivity index (χ3n) is 4.35. The van der Waals surface area contributed by atoms with Crippen molar-refractivity contribution in [1.82, 2.24) is 10.2 Å². The molecule has 0 spiro atoms. The van der Waals surface area contributed by atoms with Crippen LogP contribution in [0.4, 0.5) is 0 Å². The molecule has 2 rings (SSSR count). The third-order valence-corrected chi connectivity index (χ3v) is 5.72. The molecule has 1 saturated carbocycles. The van der Waals surface area contributed by atoms with Crippen molar-refractivity contribution in [3.05, 3.63) is 0 Å². The average molecular weight is 300 g/mol. The second kappa shape index (κ2) is 6.24. The first-order valence-corrected chi connectivity index (χ1v) is 9.00. The number of carbonyl (C=O) groups is 2. The molecule has 2 aliphatic rings. The summed E-state index contributed by atoms with van der Waals surface area (Å²) >= 11 is 0. The Morgan fingerprint density at radius 2 is 2.05 bits per heavy atom. The van der Waals surface area contributed by atoms with Gasteiger partial charge in [0.15, 0.2) is 0 Å². The standard InChI is InChI=1S/C14H24N2O3S/c1-4-11-13(17)15-12(10-5-6-10)14(18)16(11)8-7-9(2)20(3)19/h9-12H,4-8H2,1-3H3,(H,15,17). The Labute approximate surface area is 122 Å². The molecule has 0 bridgehead atoms. The topological polar surface area (TPSA) is 66.5 Å². The predicted octanol–water partition coefficient (Wildman–Crippen LogP) is 0.659. The van der Waals surface area contributed by atoms with Crippen LogP contribution in [0.1, 0.15) is 39.5 Å². The van der Waals surface area contributed by atoms with Crippen LogP contribution in [0.25, 0.3) is 0 Å². The SMILES string of the molecule is CCC1C(=O)NC(C2CC2)C(=O)N1CCC(C)S(C)=O. The number of piperazine rings is 1. The van der Waals surface area contributed by atoms with Crippen LogP contribution in [0, 0.1) is 5.92 Å². The molecule has 0 radical (unpaired) electrons. The normalized spacial score (nSPS) is 30.1. The minimum atomic E-state index is -0.892. The highest BCUT2D eigenvalue weighted by molar-refractivity contribution is 7.84. The van der Waals surface area contributed by atoms with Gasteiger partial charge in [-0.3, -0.25) is 13.8 Å². The molecule has 1 aliphatic heterocycles. The Bertz CT molecular complexity index is 423. The van der Waals surface area contributed by atoms with Gasteiger partial charge in [0.25, 0.3) is 0 Å². The summed E-state index contributed by atoms with van der Waals surface area (Å²) in [7, 11) is -0.892. The van der Waals surface area contributed by atoms with Gasteiger partial charge in [0.2, 0.25) is 11.8 Å². The van der Waals surface area contributed by atoms with E-state index in [9.17, 15) is 13.8 Å². The Hall–Kier alpha value is -0.910. The number of hydrogen-bond acceptors (Lipinski definition) is 3. The summed E-state index contributed by atoms with van der Waals surface area (Å²) < 4.78 is 11.4. The van der Waals surface area contributed by atoms with Crippen molar-refractivity contribution >= 4 is 22.6 Å². The zero-order chi connectivity index (χ0) is 14.9. The molecule has 114 valence electrons. The van der Waals surface area contributed by atoms with E-state index < -0.39 is 10.8 Å². The lowest BCUT2D eigenvalue weighted by Gasteiger charge is -2.39. The molecule has 4 unspecified atom stereocenters. The molecule has 0 aromatic carbocycles. The van der Waals surface area contributed by atoms with Gasteiger partial charge < -0.3 is 10.2 Å². The molecular weight excluding hydrogens is 276 g/mol.